The van der Waals surface area contributed by atoms with Crippen molar-refractivity contribution in [2.24, 2.45) is 29.6 Å². The molecule has 4 aliphatic rings. The molecule has 2 fully saturated rings. The number of nitrogens with one attached hydrogen (secondary N) is 1. The predicted molar refractivity (Wildman–Crippen MR) is 137 cm³/mol. The van der Waals surface area contributed by atoms with Crippen molar-refractivity contribution < 1.29 is 29.2 Å². The SMILES string of the molecule is CO[C@H]1C[C@H]2C=C[C@H]3[C@H]4O[C@]2(/C(C)=C/[C@@H](C)[C@@H]([C@@H](C)O)OC1=O)[C@@H]3[C@H](O)C(C)[C@@H]4NCc1cccs1. The molecule has 0 amide bonds. The number of aliphatic hydroxyl groups excluding tert-OH is 2. The molecule has 1 spiro atoms. The molecule has 1 saturated carbocycles. The van der Waals surface area contributed by atoms with Crippen LogP contribution >= 0.6 is 11.3 Å². The highest BCUT2D eigenvalue weighted by atomic mass is 32.1. The first-order valence-electron chi connectivity index (χ1n) is 13.1. The minimum absolute atomic E-state index is 0.00299. The Balaban J connectivity index is 1.56. The molecule has 5 rings (SSSR count). The van der Waals surface area contributed by atoms with Crippen molar-refractivity contribution in [3.63, 3.8) is 0 Å². The molecule has 0 aromatic carbocycles. The Hall–Kier alpha value is -1.55. The molecule has 3 heterocycles. The fraction of sp³-hybridized carbons (Fsp3) is 0.679. The molecule has 1 aromatic rings. The van der Waals surface area contributed by atoms with Crippen molar-refractivity contribution in [1.82, 2.24) is 5.32 Å². The van der Waals surface area contributed by atoms with E-state index in [0.29, 0.717) is 6.42 Å². The minimum Gasteiger partial charge on any atom is -0.457 e. The van der Waals surface area contributed by atoms with E-state index < -0.39 is 36.0 Å². The predicted octanol–water partition coefficient (Wildman–Crippen LogP) is 3.07. The molecular formula is C28H39NO6S. The lowest BCUT2D eigenvalue weighted by Crippen LogP contribution is -2.59. The van der Waals surface area contributed by atoms with Crippen LogP contribution in [0.3, 0.4) is 0 Å². The Morgan fingerprint density at radius 1 is 1.33 bits per heavy atom. The Labute approximate surface area is 217 Å². The van der Waals surface area contributed by atoms with Crippen LogP contribution in [-0.4, -0.2) is 65.5 Å². The summed E-state index contributed by atoms with van der Waals surface area (Å²) in [5.41, 5.74) is 0.258. The van der Waals surface area contributed by atoms with E-state index in [0.717, 1.165) is 12.1 Å². The Kier molecular flexibility index (Phi) is 7.22. The second-order valence-electron chi connectivity index (χ2n) is 11.1. The third-order valence-corrected chi connectivity index (χ3v) is 9.92. The summed E-state index contributed by atoms with van der Waals surface area (Å²) in [7, 11) is 1.51. The largest absolute Gasteiger partial charge is 0.457 e. The van der Waals surface area contributed by atoms with Crippen molar-refractivity contribution in [2.75, 3.05) is 7.11 Å². The van der Waals surface area contributed by atoms with Gasteiger partial charge in [0.25, 0.3) is 0 Å². The molecule has 1 unspecified atom stereocenters. The summed E-state index contributed by atoms with van der Waals surface area (Å²) in [4.78, 5) is 14.3. The van der Waals surface area contributed by atoms with E-state index in [9.17, 15) is 15.0 Å². The van der Waals surface area contributed by atoms with Crippen molar-refractivity contribution in [3.05, 3.63) is 46.2 Å². The van der Waals surface area contributed by atoms with Crippen molar-refractivity contribution in [2.45, 2.75) is 82.8 Å². The zero-order valence-electron chi connectivity index (χ0n) is 21.7. The van der Waals surface area contributed by atoms with E-state index >= 15 is 0 Å². The van der Waals surface area contributed by atoms with E-state index in [1.165, 1.54) is 12.0 Å². The number of hydrogen-bond acceptors (Lipinski definition) is 8. The molecule has 2 aliphatic carbocycles. The van der Waals surface area contributed by atoms with Gasteiger partial charge in [-0.1, -0.05) is 38.1 Å². The summed E-state index contributed by atoms with van der Waals surface area (Å²) >= 11 is 1.72. The second-order valence-corrected chi connectivity index (χ2v) is 12.1. The smallest absolute Gasteiger partial charge is 0.335 e. The summed E-state index contributed by atoms with van der Waals surface area (Å²) in [5.74, 6) is -0.943. The monoisotopic (exact) mass is 517 g/mol. The molecule has 4 bridgehead atoms. The molecule has 0 radical (unpaired) electrons. The summed E-state index contributed by atoms with van der Waals surface area (Å²) in [6.07, 6.45) is 3.80. The van der Waals surface area contributed by atoms with Gasteiger partial charge in [0.15, 0.2) is 6.10 Å². The number of thiophene rings is 1. The van der Waals surface area contributed by atoms with Gasteiger partial charge in [0, 0.05) is 54.2 Å². The second kappa shape index (κ2) is 9.97. The molecule has 3 N–H and O–H groups in total. The van der Waals surface area contributed by atoms with Crippen LogP contribution in [0.25, 0.3) is 0 Å². The maximum Gasteiger partial charge on any atom is 0.335 e. The lowest BCUT2D eigenvalue weighted by Gasteiger charge is -2.49. The fourth-order valence-corrected chi connectivity index (χ4v) is 7.96. The highest BCUT2D eigenvalue weighted by Gasteiger charge is 2.68. The number of esters is 1. The third kappa shape index (κ3) is 4.10. The van der Waals surface area contributed by atoms with E-state index in [2.05, 4.69) is 54.9 Å². The Bertz CT molecular complexity index is 1010. The van der Waals surface area contributed by atoms with Gasteiger partial charge >= 0.3 is 5.97 Å². The fourth-order valence-electron chi connectivity index (χ4n) is 7.30. The number of carbonyl (C=O) groups excluding carboxylic acids is 1. The summed E-state index contributed by atoms with van der Waals surface area (Å²) in [6, 6.07) is 4.15. The van der Waals surface area contributed by atoms with Gasteiger partial charge in [0.2, 0.25) is 0 Å². The number of cyclic esters (lactones) is 1. The van der Waals surface area contributed by atoms with Crippen LogP contribution in [0.4, 0.5) is 0 Å². The van der Waals surface area contributed by atoms with Crippen LogP contribution in [0.5, 0.6) is 0 Å². The van der Waals surface area contributed by atoms with Crippen molar-refractivity contribution in [3.8, 4) is 0 Å². The number of aliphatic hydroxyl groups is 2. The van der Waals surface area contributed by atoms with Gasteiger partial charge in [0.05, 0.1) is 18.3 Å². The van der Waals surface area contributed by atoms with E-state index in [1.54, 1.807) is 18.3 Å². The number of hydrogen-bond donors (Lipinski definition) is 3. The zero-order chi connectivity index (χ0) is 25.8. The molecule has 7 nitrogen and oxygen atoms in total. The van der Waals surface area contributed by atoms with Crippen LogP contribution in [-0.2, 0) is 25.5 Å². The van der Waals surface area contributed by atoms with Gasteiger partial charge in [-0.3, -0.25) is 0 Å². The molecule has 1 saturated heterocycles. The lowest BCUT2D eigenvalue weighted by molar-refractivity contribution is -0.172. The molecule has 1 aromatic heterocycles. The summed E-state index contributed by atoms with van der Waals surface area (Å²) in [6.45, 7) is 8.49. The standard InChI is InChI=1S/C28H39NO6S/c1-14-11-15(2)28-18(12-21(33-5)27(32)34-25(14)17(4)30)8-9-20-22(28)24(31)16(3)23(26(20)35-28)29-13-19-7-6-10-36-19/h6-11,14,16-18,20-26,29-31H,12-13H2,1-5H3/b15-11+/t14-,16?,17-,18-,20-,21+,22+,23+,24-,25+,26-,28+/m1/s1. The van der Waals surface area contributed by atoms with Gasteiger partial charge < -0.3 is 29.7 Å². The summed E-state index contributed by atoms with van der Waals surface area (Å²) in [5, 5.41) is 28.0. The van der Waals surface area contributed by atoms with Gasteiger partial charge in [-0.2, -0.15) is 0 Å². The van der Waals surface area contributed by atoms with E-state index in [4.69, 9.17) is 14.2 Å². The minimum atomic E-state index is -0.836. The number of rotatable bonds is 5. The van der Waals surface area contributed by atoms with Gasteiger partial charge in [0.1, 0.15) is 11.7 Å². The number of ether oxygens (including phenoxy) is 3. The van der Waals surface area contributed by atoms with E-state index in [-0.39, 0.29) is 41.7 Å². The first kappa shape index (κ1) is 26.1. The van der Waals surface area contributed by atoms with Crippen molar-refractivity contribution >= 4 is 17.3 Å². The van der Waals surface area contributed by atoms with Crippen LogP contribution < -0.4 is 5.32 Å². The average Bonchev–Trinajstić information content (AvgIpc) is 3.42. The van der Waals surface area contributed by atoms with Crippen LogP contribution in [0.15, 0.2) is 41.3 Å². The lowest BCUT2D eigenvalue weighted by atomic mass is 9.57. The maximum absolute atomic E-state index is 13.1. The third-order valence-electron chi connectivity index (χ3n) is 9.05. The summed E-state index contributed by atoms with van der Waals surface area (Å²) < 4.78 is 18.5. The zero-order valence-corrected chi connectivity index (χ0v) is 22.5. The first-order valence-corrected chi connectivity index (χ1v) is 14.0. The molecule has 2 aliphatic heterocycles. The molecule has 12 atom stereocenters. The first-order chi connectivity index (χ1) is 17.2. The van der Waals surface area contributed by atoms with Crippen LogP contribution in [0.1, 0.15) is 39.0 Å². The Morgan fingerprint density at radius 3 is 2.78 bits per heavy atom. The van der Waals surface area contributed by atoms with E-state index in [1.807, 2.05) is 6.92 Å². The normalized spacial score (nSPS) is 46.4. The number of methoxy groups -OCH3 is 1. The molecule has 8 heteroatoms. The van der Waals surface area contributed by atoms with Gasteiger partial charge in [-0.15, -0.1) is 11.3 Å². The van der Waals surface area contributed by atoms with Gasteiger partial charge in [-0.05, 0) is 37.3 Å². The van der Waals surface area contributed by atoms with Gasteiger partial charge in [-0.25, -0.2) is 4.79 Å². The van der Waals surface area contributed by atoms with Crippen LogP contribution in [0, 0.1) is 29.6 Å². The highest BCUT2D eigenvalue weighted by Crippen LogP contribution is 2.60. The molecule has 198 valence electrons. The van der Waals surface area contributed by atoms with Crippen LogP contribution in [0.2, 0.25) is 0 Å². The quantitative estimate of drug-likeness (QED) is 0.408. The Morgan fingerprint density at radius 2 is 2.11 bits per heavy atom. The highest BCUT2D eigenvalue weighted by molar-refractivity contribution is 7.09. The van der Waals surface area contributed by atoms with Crippen molar-refractivity contribution in [1.29, 1.82) is 0 Å². The topological polar surface area (TPSA) is 97.3 Å². The average molecular weight is 518 g/mol. The molecular weight excluding hydrogens is 478 g/mol. The maximum atomic E-state index is 13.1. The molecule has 36 heavy (non-hydrogen) atoms. The number of carbonyl (C=O) groups is 1.